The van der Waals surface area contributed by atoms with Gasteiger partial charge in [-0.15, -0.1) is 0 Å². The highest BCUT2D eigenvalue weighted by molar-refractivity contribution is 7.89. The Balaban J connectivity index is 1.43. The van der Waals surface area contributed by atoms with Crippen molar-refractivity contribution >= 4 is 27.0 Å². The summed E-state index contributed by atoms with van der Waals surface area (Å²) >= 11 is 0. The summed E-state index contributed by atoms with van der Waals surface area (Å²) in [5.41, 5.74) is 2.39. The first-order chi connectivity index (χ1) is 16.8. The second-order valence-electron chi connectivity index (χ2n) is 8.61. The molecule has 1 aliphatic rings. The van der Waals surface area contributed by atoms with Crippen LogP contribution in [0.1, 0.15) is 40.8 Å². The molecule has 35 heavy (non-hydrogen) atoms. The summed E-state index contributed by atoms with van der Waals surface area (Å²) in [5, 5.41) is 2.92. The molecule has 1 atom stereocenters. The standard InChI is InChI=1S/C25H25FN4O4S/c1-17-24(35(32,33)30-12-4-5-13-30)14-23(34-17)25(31)28-21(18-8-10-19(26)11-9-18)15-29-16-27-20-6-2-3-7-22(20)29/h2-3,6-11,14,16,21H,4-5,12-13,15H2,1H3,(H,28,31). The third-order valence-electron chi connectivity index (χ3n) is 6.26. The van der Waals surface area contributed by atoms with E-state index in [1.165, 1.54) is 29.4 Å². The molecular formula is C25H25FN4O4S. The Bertz CT molecular complexity index is 1470. The zero-order chi connectivity index (χ0) is 24.6. The van der Waals surface area contributed by atoms with E-state index < -0.39 is 22.0 Å². The number of hydrogen-bond acceptors (Lipinski definition) is 5. The number of aryl methyl sites for hydroxylation is 1. The zero-order valence-electron chi connectivity index (χ0n) is 19.1. The van der Waals surface area contributed by atoms with Gasteiger partial charge in [-0.1, -0.05) is 24.3 Å². The van der Waals surface area contributed by atoms with Gasteiger partial charge < -0.3 is 14.3 Å². The lowest BCUT2D eigenvalue weighted by Crippen LogP contribution is -2.31. The van der Waals surface area contributed by atoms with E-state index in [2.05, 4.69) is 10.3 Å². The maximum Gasteiger partial charge on any atom is 0.287 e. The monoisotopic (exact) mass is 496 g/mol. The molecule has 8 nitrogen and oxygen atoms in total. The van der Waals surface area contributed by atoms with Crippen LogP contribution in [-0.2, 0) is 16.6 Å². The van der Waals surface area contributed by atoms with Crippen LogP contribution in [-0.4, -0.2) is 41.3 Å². The van der Waals surface area contributed by atoms with E-state index in [1.54, 1.807) is 18.5 Å². The lowest BCUT2D eigenvalue weighted by atomic mass is 10.1. The normalized spacial score (nSPS) is 15.5. The summed E-state index contributed by atoms with van der Waals surface area (Å²) in [6.07, 6.45) is 3.31. The number of sulfonamides is 1. The molecule has 1 amide bonds. The molecule has 10 heteroatoms. The molecule has 1 fully saturated rings. The minimum absolute atomic E-state index is 0.00323. The lowest BCUT2D eigenvalue weighted by Gasteiger charge is -2.20. The van der Waals surface area contributed by atoms with E-state index in [9.17, 15) is 17.6 Å². The van der Waals surface area contributed by atoms with Gasteiger partial charge in [0, 0.05) is 25.7 Å². The summed E-state index contributed by atoms with van der Waals surface area (Å²) in [4.78, 5) is 17.6. The molecular weight excluding hydrogens is 471 g/mol. The van der Waals surface area contributed by atoms with Crippen molar-refractivity contribution in [2.24, 2.45) is 0 Å². The zero-order valence-corrected chi connectivity index (χ0v) is 20.0. The SMILES string of the molecule is Cc1oc(C(=O)NC(Cn2cnc3ccccc32)c2ccc(F)cc2)cc1S(=O)(=O)N1CCCC1. The van der Waals surface area contributed by atoms with Gasteiger partial charge in [0.2, 0.25) is 10.0 Å². The predicted octanol–water partition coefficient (Wildman–Crippen LogP) is 4.03. The van der Waals surface area contributed by atoms with Gasteiger partial charge in [0.05, 0.1) is 23.4 Å². The second kappa shape index (κ2) is 9.27. The minimum Gasteiger partial charge on any atom is -0.455 e. The van der Waals surface area contributed by atoms with Crippen molar-refractivity contribution in [3.05, 3.63) is 83.8 Å². The largest absolute Gasteiger partial charge is 0.455 e. The number of halogens is 1. The first kappa shape index (κ1) is 23.3. The van der Waals surface area contributed by atoms with E-state index in [4.69, 9.17) is 4.42 Å². The molecule has 182 valence electrons. The lowest BCUT2D eigenvalue weighted by molar-refractivity contribution is 0.0903. The number of imidazole rings is 1. The van der Waals surface area contributed by atoms with Gasteiger partial charge in [0.25, 0.3) is 5.91 Å². The summed E-state index contributed by atoms with van der Waals surface area (Å²) in [5.74, 6) is -0.871. The van der Waals surface area contributed by atoms with Crippen LogP contribution in [0, 0.1) is 12.7 Å². The smallest absolute Gasteiger partial charge is 0.287 e. The van der Waals surface area contributed by atoms with Crippen LogP contribution in [0.2, 0.25) is 0 Å². The van der Waals surface area contributed by atoms with Crippen molar-refractivity contribution in [2.75, 3.05) is 13.1 Å². The Hall–Kier alpha value is -3.50. The quantitative estimate of drug-likeness (QED) is 0.417. The van der Waals surface area contributed by atoms with Crippen LogP contribution in [0.3, 0.4) is 0 Å². The van der Waals surface area contributed by atoms with Crippen molar-refractivity contribution in [1.82, 2.24) is 19.2 Å². The third-order valence-corrected chi connectivity index (χ3v) is 8.27. The number of rotatable bonds is 7. The highest BCUT2D eigenvalue weighted by Crippen LogP contribution is 2.27. The minimum atomic E-state index is -3.73. The average molecular weight is 497 g/mol. The first-order valence-electron chi connectivity index (χ1n) is 11.4. The molecule has 4 aromatic rings. The average Bonchev–Trinajstić information content (AvgIpc) is 3.60. The summed E-state index contributed by atoms with van der Waals surface area (Å²) in [6, 6.07) is 14.2. The molecule has 5 rings (SSSR count). The number of hydrogen-bond donors (Lipinski definition) is 1. The maximum atomic E-state index is 13.6. The number of aromatic nitrogens is 2. The molecule has 2 aromatic heterocycles. The summed E-state index contributed by atoms with van der Waals surface area (Å²) in [7, 11) is -3.73. The van der Waals surface area contributed by atoms with Gasteiger partial charge in [-0.25, -0.2) is 17.8 Å². The third kappa shape index (κ3) is 4.59. The van der Waals surface area contributed by atoms with Crippen molar-refractivity contribution in [3.8, 4) is 0 Å². The van der Waals surface area contributed by atoms with E-state index >= 15 is 0 Å². The molecule has 1 N–H and O–H groups in total. The van der Waals surface area contributed by atoms with Crippen molar-refractivity contribution in [2.45, 2.75) is 37.2 Å². The van der Waals surface area contributed by atoms with E-state index in [1.807, 2.05) is 28.8 Å². The molecule has 2 aromatic carbocycles. The van der Waals surface area contributed by atoms with Crippen molar-refractivity contribution in [1.29, 1.82) is 0 Å². The number of furan rings is 1. The van der Waals surface area contributed by atoms with Crippen molar-refractivity contribution < 1.29 is 22.0 Å². The Morgan fingerprint density at radius 1 is 1.14 bits per heavy atom. The van der Waals surface area contributed by atoms with Gasteiger partial charge in [-0.2, -0.15) is 4.31 Å². The van der Waals surface area contributed by atoms with Crippen LogP contribution in [0.4, 0.5) is 4.39 Å². The summed E-state index contributed by atoms with van der Waals surface area (Å²) in [6.45, 7) is 2.78. The molecule has 1 saturated heterocycles. The highest BCUT2D eigenvalue weighted by atomic mass is 32.2. The van der Waals surface area contributed by atoms with Crippen LogP contribution >= 0.6 is 0 Å². The number of nitrogens with one attached hydrogen (secondary N) is 1. The molecule has 0 saturated carbocycles. The Morgan fingerprint density at radius 3 is 2.60 bits per heavy atom. The van der Waals surface area contributed by atoms with Crippen LogP contribution in [0.25, 0.3) is 11.0 Å². The molecule has 3 heterocycles. The summed E-state index contributed by atoms with van der Waals surface area (Å²) < 4.78 is 48.5. The van der Waals surface area contributed by atoms with E-state index in [0.29, 0.717) is 25.2 Å². The fraction of sp³-hybridized carbons (Fsp3) is 0.280. The topological polar surface area (TPSA) is 97.4 Å². The van der Waals surface area contributed by atoms with Gasteiger partial charge in [-0.3, -0.25) is 4.79 Å². The number of fused-ring (bicyclic) bond motifs is 1. The predicted molar refractivity (Wildman–Crippen MR) is 128 cm³/mol. The van der Waals surface area contributed by atoms with Gasteiger partial charge >= 0.3 is 0 Å². The highest BCUT2D eigenvalue weighted by Gasteiger charge is 2.32. The van der Waals surface area contributed by atoms with E-state index in [0.717, 1.165) is 23.9 Å². The molecule has 1 unspecified atom stereocenters. The first-order valence-corrected chi connectivity index (χ1v) is 12.8. The molecule has 0 radical (unpaired) electrons. The Kier molecular flexibility index (Phi) is 6.16. The Morgan fingerprint density at radius 2 is 1.86 bits per heavy atom. The number of carbonyl (C=O) groups excluding carboxylic acids is 1. The van der Waals surface area contributed by atoms with Crippen LogP contribution in [0.5, 0.6) is 0 Å². The number of benzene rings is 2. The molecule has 0 bridgehead atoms. The van der Waals surface area contributed by atoms with Crippen LogP contribution < -0.4 is 5.32 Å². The fourth-order valence-electron chi connectivity index (χ4n) is 4.41. The Labute approximate surface area is 202 Å². The van der Waals surface area contributed by atoms with Crippen molar-refractivity contribution in [3.63, 3.8) is 0 Å². The van der Waals surface area contributed by atoms with Gasteiger partial charge in [0.1, 0.15) is 16.5 Å². The number of nitrogens with zero attached hydrogens (tertiary/aromatic N) is 3. The number of para-hydroxylation sites is 2. The number of amides is 1. The molecule has 1 aliphatic heterocycles. The van der Waals surface area contributed by atoms with E-state index in [-0.39, 0.29) is 22.2 Å². The van der Waals surface area contributed by atoms with Gasteiger partial charge in [-0.05, 0) is 49.6 Å². The van der Waals surface area contributed by atoms with Crippen LogP contribution in [0.15, 0.2) is 70.2 Å². The number of carbonyl (C=O) groups is 1. The second-order valence-corrected chi connectivity index (χ2v) is 10.5. The maximum absolute atomic E-state index is 13.6. The van der Waals surface area contributed by atoms with Gasteiger partial charge in [0.15, 0.2) is 5.76 Å². The fourth-order valence-corrected chi connectivity index (χ4v) is 6.09. The molecule has 0 spiro atoms. The molecule has 0 aliphatic carbocycles.